The number of carbonyl (C=O) groups is 1. The normalized spacial score (nSPS) is 10.2. The highest BCUT2D eigenvalue weighted by atomic mass is 16.4. The van der Waals surface area contributed by atoms with E-state index in [2.05, 4.69) is 9.97 Å². The molecule has 0 aromatic carbocycles. The van der Waals surface area contributed by atoms with Gasteiger partial charge in [0.25, 0.3) is 5.56 Å². The number of hydrogen-bond donors (Lipinski definition) is 1. The molecule has 0 unspecified atom stereocenters. The van der Waals surface area contributed by atoms with Gasteiger partial charge < -0.3 is 9.67 Å². The maximum Gasteiger partial charge on any atom is 0.343 e. The van der Waals surface area contributed by atoms with Crippen molar-refractivity contribution in [3.8, 4) is 11.3 Å². The Kier molecular flexibility index (Phi) is 2.70. The molecule has 2 rings (SSSR count). The molecule has 2 heterocycles. The molecule has 0 aliphatic heterocycles. The highest BCUT2D eigenvalue weighted by Gasteiger charge is 2.18. The van der Waals surface area contributed by atoms with Crippen LogP contribution < -0.4 is 5.56 Å². The number of carboxylic acids is 1. The molecule has 0 fully saturated rings. The van der Waals surface area contributed by atoms with Crippen molar-refractivity contribution in [2.75, 3.05) is 0 Å². The molecule has 2 aromatic rings. The lowest BCUT2D eigenvalue weighted by Gasteiger charge is -2.05. The van der Waals surface area contributed by atoms with Crippen LogP contribution in [-0.2, 0) is 7.05 Å². The van der Waals surface area contributed by atoms with Gasteiger partial charge in [-0.15, -0.1) is 0 Å². The molecule has 6 nitrogen and oxygen atoms in total. The van der Waals surface area contributed by atoms with Gasteiger partial charge >= 0.3 is 5.97 Å². The lowest BCUT2D eigenvalue weighted by atomic mass is 10.1. The zero-order chi connectivity index (χ0) is 12.4. The molecule has 0 radical (unpaired) electrons. The fraction of sp³-hybridized carbons (Fsp3) is 0.0909. The predicted octanol–water partition coefficient (Wildman–Crippen LogP) is 0.540. The van der Waals surface area contributed by atoms with E-state index < -0.39 is 11.5 Å². The van der Waals surface area contributed by atoms with Gasteiger partial charge in [0.05, 0.1) is 12.0 Å². The summed E-state index contributed by atoms with van der Waals surface area (Å²) >= 11 is 0. The second-order valence-electron chi connectivity index (χ2n) is 3.43. The van der Waals surface area contributed by atoms with Gasteiger partial charge in [-0.2, -0.15) is 0 Å². The van der Waals surface area contributed by atoms with Gasteiger partial charge in [0.2, 0.25) is 0 Å². The molecule has 2 aromatic heterocycles. The van der Waals surface area contributed by atoms with Crippen molar-refractivity contribution in [1.29, 1.82) is 0 Å². The minimum absolute atomic E-state index is 0.156. The van der Waals surface area contributed by atoms with Gasteiger partial charge in [-0.3, -0.25) is 9.78 Å². The molecule has 6 heteroatoms. The lowest BCUT2D eigenvalue weighted by Crippen LogP contribution is -2.26. The number of aromatic nitrogens is 3. The molecule has 17 heavy (non-hydrogen) atoms. The zero-order valence-electron chi connectivity index (χ0n) is 8.99. The Hall–Kier alpha value is -2.50. The number of aromatic carboxylic acids is 1. The SMILES string of the molecule is Cn1cnc(-c2ccncc2)c(C(=O)O)c1=O. The minimum atomic E-state index is -1.29. The summed E-state index contributed by atoms with van der Waals surface area (Å²) in [5.41, 5.74) is -0.210. The minimum Gasteiger partial charge on any atom is -0.477 e. The van der Waals surface area contributed by atoms with Crippen LogP contribution >= 0.6 is 0 Å². The molecular formula is C11H9N3O3. The van der Waals surface area contributed by atoms with Crippen molar-refractivity contribution in [2.24, 2.45) is 7.05 Å². The average molecular weight is 231 g/mol. The first-order chi connectivity index (χ1) is 8.11. The van der Waals surface area contributed by atoms with Gasteiger partial charge in [-0.25, -0.2) is 9.78 Å². The maximum absolute atomic E-state index is 11.7. The van der Waals surface area contributed by atoms with E-state index in [1.54, 1.807) is 12.1 Å². The number of carboxylic acid groups (broad SMARTS) is 1. The van der Waals surface area contributed by atoms with E-state index in [9.17, 15) is 9.59 Å². The standard InChI is InChI=1S/C11H9N3O3/c1-14-6-13-9(7-2-4-12-5-3-7)8(10(14)15)11(16)17/h2-6H,1H3,(H,16,17). The molecule has 0 aliphatic carbocycles. The fourth-order valence-corrected chi connectivity index (χ4v) is 1.46. The van der Waals surface area contributed by atoms with Crippen LogP contribution in [-0.4, -0.2) is 25.6 Å². The molecule has 0 aliphatic rings. The van der Waals surface area contributed by atoms with Crippen molar-refractivity contribution < 1.29 is 9.90 Å². The maximum atomic E-state index is 11.7. The molecular weight excluding hydrogens is 222 g/mol. The van der Waals surface area contributed by atoms with Crippen molar-refractivity contribution in [3.63, 3.8) is 0 Å². The first-order valence-corrected chi connectivity index (χ1v) is 4.80. The summed E-state index contributed by atoms with van der Waals surface area (Å²) < 4.78 is 1.13. The monoisotopic (exact) mass is 231 g/mol. The van der Waals surface area contributed by atoms with Gasteiger partial charge in [-0.05, 0) is 12.1 Å². The van der Waals surface area contributed by atoms with Crippen LogP contribution in [0.25, 0.3) is 11.3 Å². The van der Waals surface area contributed by atoms with E-state index >= 15 is 0 Å². The summed E-state index contributed by atoms with van der Waals surface area (Å²) in [4.78, 5) is 30.6. The quantitative estimate of drug-likeness (QED) is 0.815. The largest absolute Gasteiger partial charge is 0.477 e. The van der Waals surface area contributed by atoms with Gasteiger partial charge in [0, 0.05) is 25.0 Å². The van der Waals surface area contributed by atoms with Crippen molar-refractivity contribution in [1.82, 2.24) is 14.5 Å². The average Bonchev–Trinajstić information content (AvgIpc) is 2.33. The van der Waals surface area contributed by atoms with E-state index in [1.165, 1.54) is 25.8 Å². The Morgan fingerprint density at radius 1 is 1.35 bits per heavy atom. The molecule has 0 spiro atoms. The first-order valence-electron chi connectivity index (χ1n) is 4.80. The van der Waals surface area contributed by atoms with Crippen LogP contribution in [0.1, 0.15) is 10.4 Å². The van der Waals surface area contributed by atoms with E-state index in [0.717, 1.165) is 4.57 Å². The third kappa shape index (κ3) is 1.92. The summed E-state index contributed by atoms with van der Waals surface area (Å²) in [6.45, 7) is 0. The highest BCUT2D eigenvalue weighted by Crippen LogP contribution is 2.17. The van der Waals surface area contributed by atoms with Crippen LogP contribution in [0, 0.1) is 0 Å². The summed E-state index contributed by atoms with van der Waals surface area (Å²) in [5, 5.41) is 9.06. The second kappa shape index (κ2) is 4.17. The first kappa shape index (κ1) is 11.0. The topological polar surface area (TPSA) is 85.1 Å². The van der Waals surface area contributed by atoms with E-state index in [-0.39, 0.29) is 11.3 Å². The smallest absolute Gasteiger partial charge is 0.343 e. The molecule has 86 valence electrons. The lowest BCUT2D eigenvalue weighted by molar-refractivity contribution is 0.0694. The van der Waals surface area contributed by atoms with E-state index in [1.807, 2.05) is 0 Å². The number of aryl methyl sites for hydroxylation is 1. The zero-order valence-corrected chi connectivity index (χ0v) is 8.99. The summed E-state index contributed by atoms with van der Waals surface area (Å²) in [6, 6.07) is 3.21. The van der Waals surface area contributed by atoms with Crippen molar-refractivity contribution >= 4 is 5.97 Å². The summed E-state index contributed by atoms with van der Waals surface area (Å²) in [5.74, 6) is -1.29. The highest BCUT2D eigenvalue weighted by molar-refractivity contribution is 5.94. The van der Waals surface area contributed by atoms with Crippen molar-refractivity contribution in [3.05, 3.63) is 46.8 Å². The molecule has 0 atom stereocenters. The van der Waals surface area contributed by atoms with Gasteiger partial charge in [-0.1, -0.05) is 0 Å². The number of rotatable bonds is 2. The third-order valence-corrected chi connectivity index (χ3v) is 2.30. The fourth-order valence-electron chi connectivity index (χ4n) is 1.46. The second-order valence-corrected chi connectivity index (χ2v) is 3.43. The number of hydrogen-bond acceptors (Lipinski definition) is 4. The molecule has 0 saturated carbocycles. The van der Waals surface area contributed by atoms with Crippen LogP contribution in [0.15, 0.2) is 35.6 Å². The number of pyridine rings is 1. The third-order valence-electron chi connectivity index (χ3n) is 2.30. The molecule has 0 amide bonds. The van der Waals surface area contributed by atoms with E-state index in [0.29, 0.717) is 5.56 Å². The van der Waals surface area contributed by atoms with Gasteiger partial charge in [0.15, 0.2) is 5.56 Å². The Morgan fingerprint density at radius 2 is 2.00 bits per heavy atom. The predicted molar refractivity (Wildman–Crippen MR) is 59.7 cm³/mol. The molecule has 0 saturated heterocycles. The summed E-state index contributed by atoms with van der Waals surface area (Å²) in [6.07, 6.45) is 4.32. The molecule has 1 N–H and O–H groups in total. The summed E-state index contributed by atoms with van der Waals surface area (Å²) in [7, 11) is 1.46. The van der Waals surface area contributed by atoms with Crippen LogP contribution in [0.5, 0.6) is 0 Å². The van der Waals surface area contributed by atoms with E-state index in [4.69, 9.17) is 5.11 Å². The number of nitrogens with zero attached hydrogens (tertiary/aromatic N) is 3. The van der Waals surface area contributed by atoms with Crippen LogP contribution in [0.2, 0.25) is 0 Å². The van der Waals surface area contributed by atoms with Crippen LogP contribution in [0.3, 0.4) is 0 Å². The Morgan fingerprint density at radius 3 is 2.59 bits per heavy atom. The molecule has 0 bridgehead atoms. The Balaban J connectivity index is 2.76. The van der Waals surface area contributed by atoms with Crippen molar-refractivity contribution in [2.45, 2.75) is 0 Å². The Bertz CT molecular complexity index is 620. The van der Waals surface area contributed by atoms with Crippen LogP contribution in [0.4, 0.5) is 0 Å². The Labute approximate surface area is 96.2 Å². The van der Waals surface area contributed by atoms with Gasteiger partial charge in [0.1, 0.15) is 0 Å².